The molecule has 6 heteroatoms. The van der Waals surface area contributed by atoms with Gasteiger partial charge in [-0.3, -0.25) is 4.79 Å². The molecule has 0 spiro atoms. The smallest absolute Gasteiger partial charge is 0.220 e. The molecule has 2 fully saturated rings. The molecule has 0 aromatic carbocycles. The van der Waals surface area contributed by atoms with Crippen LogP contribution in [0.2, 0.25) is 0 Å². The predicted molar refractivity (Wildman–Crippen MR) is 105 cm³/mol. The van der Waals surface area contributed by atoms with Crippen molar-refractivity contribution in [3.05, 3.63) is 23.9 Å². The van der Waals surface area contributed by atoms with Gasteiger partial charge in [0.15, 0.2) is 0 Å². The maximum absolute atomic E-state index is 12.1. The van der Waals surface area contributed by atoms with E-state index in [1.54, 1.807) is 0 Å². The summed E-state index contributed by atoms with van der Waals surface area (Å²) < 4.78 is 0. The first kappa shape index (κ1) is 19.1. The van der Waals surface area contributed by atoms with E-state index in [4.69, 9.17) is 0 Å². The second-order valence-electron chi connectivity index (χ2n) is 7.45. The molecular formula is C20H33N5O. The fraction of sp³-hybridized carbons (Fsp3) is 0.700. The monoisotopic (exact) mass is 359 g/mol. The Morgan fingerprint density at radius 2 is 2.00 bits per heavy atom. The van der Waals surface area contributed by atoms with Gasteiger partial charge in [-0.15, -0.1) is 0 Å². The Morgan fingerprint density at radius 3 is 2.65 bits per heavy atom. The maximum Gasteiger partial charge on any atom is 0.220 e. The van der Waals surface area contributed by atoms with E-state index in [2.05, 4.69) is 44.5 Å². The molecule has 0 aliphatic carbocycles. The molecule has 6 nitrogen and oxygen atoms in total. The fourth-order valence-electron chi connectivity index (χ4n) is 3.80. The normalized spacial score (nSPS) is 19.5. The SMILES string of the molecule is CCN1CCN(c2ccc(CNC(=O)CCC3CCNCC3)cn2)CC1. The van der Waals surface area contributed by atoms with Gasteiger partial charge in [-0.25, -0.2) is 4.98 Å². The molecule has 2 saturated heterocycles. The fourth-order valence-corrected chi connectivity index (χ4v) is 3.80. The molecule has 3 heterocycles. The summed E-state index contributed by atoms with van der Waals surface area (Å²) in [6, 6.07) is 4.17. The predicted octanol–water partition coefficient (Wildman–Crippen LogP) is 1.62. The lowest BCUT2D eigenvalue weighted by molar-refractivity contribution is -0.121. The summed E-state index contributed by atoms with van der Waals surface area (Å²) in [5, 5.41) is 6.41. The van der Waals surface area contributed by atoms with Crippen LogP contribution in [0.5, 0.6) is 0 Å². The highest BCUT2D eigenvalue weighted by atomic mass is 16.1. The number of rotatable bonds is 7. The summed E-state index contributed by atoms with van der Waals surface area (Å²) in [6.07, 6.45) is 5.94. The molecule has 3 rings (SSSR count). The number of amides is 1. The van der Waals surface area contributed by atoms with Gasteiger partial charge in [0, 0.05) is 45.3 Å². The average Bonchev–Trinajstić information content (AvgIpc) is 2.72. The van der Waals surface area contributed by atoms with Crippen molar-refractivity contribution in [2.45, 2.75) is 39.2 Å². The number of piperidine rings is 1. The molecule has 2 N–H and O–H groups in total. The Morgan fingerprint density at radius 1 is 1.23 bits per heavy atom. The highest BCUT2D eigenvalue weighted by molar-refractivity contribution is 5.75. The van der Waals surface area contributed by atoms with Gasteiger partial charge in [-0.05, 0) is 56.4 Å². The topological polar surface area (TPSA) is 60.5 Å². The molecule has 144 valence electrons. The first-order valence-corrected chi connectivity index (χ1v) is 10.1. The Balaban J connectivity index is 1.38. The summed E-state index contributed by atoms with van der Waals surface area (Å²) in [7, 11) is 0. The van der Waals surface area contributed by atoms with Crippen LogP contribution < -0.4 is 15.5 Å². The first-order chi connectivity index (χ1) is 12.7. The van der Waals surface area contributed by atoms with E-state index < -0.39 is 0 Å². The third-order valence-electron chi connectivity index (χ3n) is 5.68. The Kier molecular flexibility index (Phi) is 7.26. The number of hydrogen-bond donors (Lipinski definition) is 2. The van der Waals surface area contributed by atoms with Crippen LogP contribution in [0.15, 0.2) is 18.3 Å². The zero-order chi connectivity index (χ0) is 18.2. The summed E-state index contributed by atoms with van der Waals surface area (Å²) in [6.45, 7) is 10.4. The van der Waals surface area contributed by atoms with E-state index in [9.17, 15) is 4.79 Å². The van der Waals surface area contributed by atoms with Crippen LogP contribution in [-0.2, 0) is 11.3 Å². The van der Waals surface area contributed by atoms with Gasteiger partial charge in [0.2, 0.25) is 5.91 Å². The van der Waals surface area contributed by atoms with Crippen molar-refractivity contribution in [1.82, 2.24) is 20.5 Å². The van der Waals surface area contributed by atoms with Crippen molar-refractivity contribution in [3.63, 3.8) is 0 Å². The summed E-state index contributed by atoms with van der Waals surface area (Å²) in [4.78, 5) is 21.5. The van der Waals surface area contributed by atoms with Crippen LogP contribution >= 0.6 is 0 Å². The van der Waals surface area contributed by atoms with Gasteiger partial charge in [0.05, 0.1) is 0 Å². The van der Waals surface area contributed by atoms with E-state index in [0.717, 1.165) is 63.6 Å². The number of likely N-dealkylation sites (N-methyl/N-ethyl adjacent to an activating group) is 1. The average molecular weight is 360 g/mol. The molecule has 0 atom stereocenters. The highest BCUT2D eigenvalue weighted by Gasteiger charge is 2.17. The number of nitrogens with one attached hydrogen (secondary N) is 2. The molecule has 0 radical (unpaired) electrons. The molecule has 0 unspecified atom stereocenters. The largest absolute Gasteiger partial charge is 0.354 e. The van der Waals surface area contributed by atoms with Crippen LogP contribution in [-0.4, -0.2) is 61.6 Å². The molecule has 2 aliphatic rings. The van der Waals surface area contributed by atoms with Gasteiger partial charge in [-0.1, -0.05) is 13.0 Å². The minimum Gasteiger partial charge on any atom is -0.354 e. The Labute approximate surface area is 157 Å². The van der Waals surface area contributed by atoms with Crippen LogP contribution in [0, 0.1) is 5.92 Å². The zero-order valence-corrected chi connectivity index (χ0v) is 16.0. The molecule has 0 bridgehead atoms. The summed E-state index contributed by atoms with van der Waals surface area (Å²) in [5.74, 6) is 1.90. The number of carbonyl (C=O) groups excluding carboxylic acids is 1. The lowest BCUT2D eigenvalue weighted by atomic mass is 9.93. The van der Waals surface area contributed by atoms with Gasteiger partial charge in [0.25, 0.3) is 0 Å². The van der Waals surface area contributed by atoms with Crippen molar-refractivity contribution < 1.29 is 4.79 Å². The number of aromatic nitrogens is 1. The van der Waals surface area contributed by atoms with Gasteiger partial charge >= 0.3 is 0 Å². The maximum atomic E-state index is 12.1. The number of carbonyl (C=O) groups is 1. The lowest BCUT2D eigenvalue weighted by Gasteiger charge is -2.34. The van der Waals surface area contributed by atoms with Crippen molar-refractivity contribution in [1.29, 1.82) is 0 Å². The van der Waals surface area contributed by atoms with Crippen LogP contribution in [0.4, 0.5) is 5.82 Å². The van der Waals surface area contributed by atoms with Crippen LogP contribution in [0.3, 0.4) is 0 Å². The second-order valence-corrected chi connectivity index (χ2v) is 7.45. The number of hydrogen-bond acceptors (Lipinski definition) is 5. The van der Waals surface area contributed by atoms with Crippen molar-refractivity contribution >= 4 is 11.7 Å². The summed E-state index contributed by atoms with van der Waals surface area (Å²) >= 11 is 0. The molecule has 0 saturated carbocycles. The van der Waals surface area contributed by atoms with E-state index >= 15 is 0 Å². The van der Waals surface area contributed by atoms with E-state index in [1.165, 1.54) is 12.8 Å². The number of nitrogens with zero attached hydrogens (tertiary/aromatic N) is 3. The third kappa shape index (κ3) is 5.68. The van der Waals surface area contributed by atoms with Crippen molar-refractivity contribution in [2.24, 2.45) is 5.92 Å². The zero-order valence-electron chi connectivity index (χ0n) is 16.0. The van der Waals surface area contributed by atoms with Crippen molar-refractivity contribution in [2.75, 3.05) is 50.7 Å². The van der Waals surface area contributed by atoms with Gasteiger partial charge in [-0.2, -0.15) is 0 Å². The first-order valence-electron chi connectivity index (χ1n) is 10.1. The lowest BCUT2D eigenvalue weighted by Crippen LogP contribution is -2.46. The number of piperazine rings is 1. The standard InChI is InChI=1S/C20H33N5O/c1-2-24-11-13-25(14-12-24)19-5-3-18(15-22-19)16-23-20(26)6-4-17-7-9-21-10-8-17/h3,5,15,17,21H,2,4,6-14,16H2,1H3,(H,23,26). The molecule has 1 aromatic rings. The minimum atomic E-state index is 0.156. The molecule has 1 aromatic heterocycles. The minimum absolute atomic E-state index is 0.156. The highest BCUT2D eigenvalue weighted by Crippen LogP contribution is 2.18. The third-order valence-corrected chi connectivity index (χ3v) is 5.68. The Bertz CT molecular complexity index is 548. The Hall–Kier alpha value is -1.66. The number of pyridine rings is 1. The van der Waals surface area contributed by atoms with Gasteiger partial charge < -0.3 is 20.4 Å². The molecule has 1 amide bonds. The molecule has 26 heavy (non-hydrogen) atoms. The van der Waals surface area contributed by atoms with E-state index in [-0.39, 0.29) is 5.91 Å². The molecule has 2 aliphatic heterocycles. The van der Waals surface area contributed by atoms with E-state index in [1.807, 2.05) is 6.20 Å². The van der Waals surface area contributed by atoms with Crippen LogP contribution in [0.25, 0.3) is 0 Å². The van der Waals surface area contributed by atoms with Gasteiger partial charge in [0.1, 0.15) is 5.82 Å². The number of anilines is 1. The van der Waals surface area contributed by atoms with Crippen LogP contribution in [0.1, 0.15) is 38.2 Å². The van der Waals surface area contributed by atoms with E-state index in [0.29, 0.717) is 18.9 Å². The second kappa shape index (κ2) is 9.88. The molecular weight excluding hydrogens is 326 g/mol. The quantitative estimate of drug-likeness (QED) is 0.775. The van der Waals surface area contributed by atoms with Crippen molar-refractivity contribution in [3.8, 4) is 0 Å². The summed E-state index contributed by atoms with van der Waals surface area (Å²) in [5.41, 5.74) is 1.07.